The van der Waals surface area contributed by atoms with Crippen molar-refractivity contribution in [3.05, 3.63) is 35.9 Å². The lowest BCUT2D eigenvalue weighted by Crippen LogP contribution is -2.24. The standard InChI is InChI=1S/C14H21NO3/c1-18-11-13(16)9-5-6-10-15-14(17)12-7-3-2-4-8-12/h2-4,7-8,13,16H,5-6,9-11H2,1H3,(H,15,17). The molecular formula is C14H21NO3. The average Bonchev–Trinajstić information content (AvgIpc) is 2.39. The Kier molecular flexibility index (Phi) is 7.06. The highest BCUT2D eigenvalue weighted by atomic mass is 16.5. The number of carbonyl (C=O) groups is 1. The molecule has 0 aliphatic carbocycles. The van der Waals surface area contributed by atoms with Crippen molar-refractivity contribution in [1.29, 1.82) is 0 Å². The lowest BCUT2D eigenvalue weighted by molar-refractivity contribution is 0.0577. The Balaban J connectivity index is 2.10. The summed E-state index contributed by atoms with van der Waals surface area (Å²) in [6.07, 6.45) is 2.04. The number of nitrogens with one attached hydrogen (secondary N) is 1. The number of rotatable bonds is 8. The molecule has 0 aliphatic heterocycles. The number of aliphatic hydroxyl groups is 1. The van der Waals surface area contributed by atoms with Crippen LogP contribution in [0.15, 0.2) is 30.3 Å². The molecule has 0 fully saturated rings. The molecule has 0 heterocycles. The van der Waals surface area contributed by atoms with Gasteiger partial charge in [0.05, 0.1) is 12.7 Å². The largest absolute Gasteiger partial charge is 0.391 e. The molecule has 1 rings (SSSR count). The van der Waals surface area contributed by atoms with Crippen molar-refractivity contribution in [3.8, 4) is 0 Å². The fourth-order valence-corrected chi connectivity index (χ4v) is 1.67. The first-order chi connectivity index (χ1) is 8.74. The van der Waals surface area contributed by atoms with Gasteiger partial charge in [0.2, 0.25) is 0 Å². The van der Waals surface area contributed by atoms with Gasteiger partial charge in [0.15, 0.2) is 0 Å². The van der Waals surface area contributed by atoms with Crippen LogP contribution in [0.2, 0.25) is 0 Å². The van der Waals surface area contributed by atoms with Crippen LogP contribution in [-0.4, -0.2) is 37.4 Å². The summed E-state index contributed by atoms with van der Waals surface area (Å²) >= 11 is 0. The molecule has 1 unspecified atom stereocenters. The van der Waals surface area contributed by atoms with E-state index in [0.29, 0.717) is 25.1 Å². The number of unbranched alkanes of at least 4 members (excludes halogenated alkanes) is 1. The summed E-state index contributed by atoms with van der Waals surface area (Å²) in [5.41, 5.74) is 0.678. The maximum atomic E-state index is 11.7. The molecule has 4 nitrogen and oxygen atoms in total. The summed E-state index contributed by atoms with van der Waals surface area (Å²) in [5.74, 6) is -0.0481. The predicted molar refractivity (Wildman–Crippen MR) is 70.5 cm³/mol. The van der Waals surface area contributed by atoms with Gasteiger partial charge in [-0.1, -0.05) is 18.2 Å². The summed E-state index contributed by atoms with van der Waals surface area (Å²) in [7, 11) is 1.57. The third-order valence-corrected chi connectivity index (χ3v) is 2.64. The summed E-state index contributed by atoms with van der Waals surface area (Å²) in [5, 5.41) is 12.3. The van der Waals surface area contributed by atoms with E-state index in [9.17, 15) is 9.90 Å². The van der Waals surface area contributed by atoms with Gasteiger partial charge in [0.25, 0.3) is 5.91 Å². The van der Waals surface area contributed by atoms with Crippen LogP contribution in [0.5, 0.6) is 0 Å². The van der Waals surface area contributed by atoms with Crippen molar-refractivity contribution in [2.75, 3.05) is 20.3 Å². The van der Waals surface area contributed by atoms with Gasteiger partial charge in [0, 0.05) is 19.2 Å². The van der Waals surface area contributed by atoms with Crippen LogP contribution < -0.4 is 5.32 Å². The molecule has 18 heavy (non-hydrogen) atoms. The zero-order valence-corrected chi connectivity index (χ0v) is 10.8. The summed E-state index contributed by atoms with van der Waals surface area (Å²) < 4.78 is 4.84. The fraction of sp³-hybridized carbons (Fsp3) is 0.500. The molecule has 100 valence electrons. The fourth-order valence-electron chi connectivity index (χ4n) is 1.67. The molecular weight excluding hydrogens is 230 g/mol. The SMILES string of the molecule is COCC(O)CCCCNC(=O)c1ccccc1. The number of carbonyl (C=O) groups excluding carboxylic acids is 1. The monoisotopic (exact) mass is 251 g/mol. The topological polar surface area (TPSA) is 58.6 Å². The number of hydrogen-bond donors (Lipinski definition) is 2. The second kappa shape index (κ2) is 8.66. The highest BCUT2D eigenvalue weighted by molar-refractivity contribution is 5.94. The molecule has 4 heteroatoms. The molecule has 1 atom stereocenters. The van der Waals surface area contributed by atoms with Crippen molar-refractivity contribution in [3.63, 3.8) is 0 Å². The molecule has 0 spiro atoms. The van der Waals surface area contributed by atoms with Crippen molar-refractivity contribution in [1.82, 2.24) is 5.32 Å². The Morgan fingerprint density at radius 1 is 1.33 bits per heavy atom. The molecule has 2 N–H and O–H groups in total. The van der Waals surface area contributed by atoms with Crippen LogP contribution in [0.25, 0.3) is 0 Å². The van der Waals surface area contributed by atoms with Gasteiger partial charge in [-0.2, -0.15) is 0 Å². The number of aliphatic hydroxyl groups excluding tert-OH is 1. The molecule has 1 aromatic carbocycles. The first-order valence-corrected chi connectivity index (χ1v) is 6.24. The molecule has 0 radical (unpaired) electrons. The third kappa shape index (κ3) is 5.80. The van der Waals surface area contributed by atoms with Crippen LogP contribution in [0.1, 0.15) is 29.6 Å². The minimum absolute atomic E-state index is 0.0481. The Morgan fingerprint density at radius 3 is 2.72 bits per heavy atom. The number of methoxy groups -OCH3 is 1. The van der Waals surface area contributed by atoms with E-state index in [-0.39, 0.29) is 5.91 Å². The number of hydrogen-bond acceptors (Lipinski definition) is 3. The molecule has 0 saturated heterocycles. The van der Waals surface area contributed by atoms with E-state index in [1.165, 1.54) is 0 Å². The first-order valence-electron chi connectivity index (χ1n) is 6.24. The quantitative estimate of drug-likeness (QED) is 0.690. The van der Waals surface area contributed by atoms with Crippen molar-refractivity contribution >= 4 is 5.91 Å². The Labute approximate surface area is 108 Å². The third-order valence-electron chi connectivity index (χ3n) is 2.64. The van der Waals surface area contributed by atoms with E-state index in [0.717, 1.165) is 12.8 Å². The molecule has 0 aromatic heterocycles. The van der Waals surface area contributed by atoms with Crippen LogP contribution >= 0.6 is 0 Å². The predicted octanol–water partition coefficient (Wildman–Crippen LogP) is 1.59. The lowest BCUT2D eigenvalue weighted by Gasteiger charge is -2.09. The Bertz CT molecular complexity index is 340. The van der Waals surface area contributed by atoms with Gasteiger partial charge in [-0.05, 0) is 31.4 Å². The van der Waals surface area contributed by atoms with Gasteiger partial charge in [-0.15, -0.1) is 0 Å². The molecule has 1 aromatic rings. The van der Waals surface area contributed by atoms with E-state index >= 15 is 0 Å². The second-order valence-corrected chi connectivity index (χ2v) is 4.23. The van der Waals surface area contributed by atoms with E-state index in [4.69, 9.17) is 4.74 Å². The van der Waals surface area contributed by atoms with Crippen molar-refractivity contribution in [2.24, 2.45) is 0 Å². The van der Waals surface area contributed by atoms with E-state index in [2.05, 4.69) is 5.32 Å². The van der Waals surface area contributed by atoms with Crippen LogP contribution in [0, 0.1) is 0 Å². The highest BCUT2D eigenvalue weighted by Gasteiger charge is 2.04. The first kappa shape index (κ1) is 14.7. The zero-order chi connectivity index (χ0) is 13.2. The lowest BCUT2D eigenvalue weighted by atomic mass is 10.1. The minimum atomic E-state index is -0.403. The Hall–Kier alpha value is -1.39. The van der Waals surface area contributed by atoms with E-state index in [1.54, 1.807) is 19.2 Å². The number of benzene rings is 1. The van der Waals surface area contributed by atoms with Gasteiger partial charge in [0.1, 0.15) is 0 Å². The summed E-state index contributed by atoms with van der Waals surface area (Å²) in [6, 6.07) is 9.15. The highest BCUT2D eigenvalue weighted by Crippen LogP contribution is 2.01. The van der Waals surface area contributed by atoms with Crippen LogP contribution in [0.3, 0.4) is 0 Å². The maximum Gasteiger partial charge on any atom is 0.251 e. The second-order valence-electron chi connectivity index (χ2n) is 4.23. The average molecular weight is 251 g/mol. The smallest absolute Gasteiger partial charge is 0.251 e. The number of amides is 1. The molecule has 0 aliphatic rings. The molecule has 0 saturated carbocycles. The molecule has 0 bridgehead atoms. The van der Waals surface area contributed by atoms with E-state index < -0.39 is 6.10 Å². The van der Waals surface area contributed by atoms with Crippen LogP contribution in [0.4, 0.5) is 0 Å². The van der Waals surface area contributed by atoms with Crippen molar-refractivity contribution < 1.29 is 14.6 Å². The van der Waals surface area contributed by atoms with Crippen LogP contribution in [-0.2, 0) is 4.74 Å². The van der Waals surface area contributed by atoms with Gasteiger partial charge in [-0.3, -0.25) is 4.79 Å². The Morgan fingerprint density at radius 2 is 2.06 bits per heavy atom. The zero-order valence-electron chi connectivity index (χ0n) is 10.8. The van der Waals surface area contributed by atoms with Gasteiger partial charge >= 0.3 is 0 Å². The maximum absolute atomic E-state index is 11.7. The minimum Gasteiger partial charge on any atom is -0.391 e. The van der Waals surface area contributed by atoms with Crippen molar-refractivity contribution in [2.45, 2.75) is 25.4 Å². The van der Waals surface area contributed by atoms with Gasteiger partial charge in [-0.25, -0.2) is 0 Å². The normalized spacial score (nSPS) is 12.1. The number of ether oxygens (including phenoxy) is 1. The molecule has 1 amide bonds. The summed E-state index contributed by atoms with van der Waals surface area (Å²) in [4.78, 5) is 11.7. The van der Waals surface area contributed by atoms with Gasteiger partial charge < -0.3 is 15.2 Å². The summed E-state index contributed by atoms with van der Waals surface area (Å²) in [6.45, 7) is 1.00. The van der Waals surface area contributed by atoms with E-state index in [1.807, 2.05) is 18.2 Å².